The molecule has 0 unspecified atom stereocenters. The van der Waals surface area contributed by atoms with E-state index in [1.807, 2.05) is 24.3 Å². The maximum Gasteiger partial charge on any atom is 0.224 e. The summed E-state index contributed by atoms with van der Waals surface area (Å²) >= 11 is 3.40. The molecule has 110 valence electrons. The zero-order chi connectivity index (χ0) is 14.5. The Kier molecular flexibility index (Phi) is 5.61. The lowest BCUT2D eigenvalue weighted by Gasteiger charge is -2.34. The molecule has 1 N–H and O–H groups in total. The van der Waals surface area contributed by atoms with Gasteiger partial charge >= 0.3 is 0 Å². The normalized spacial score (nSPS) is 17.4. The zero-order valence-electron chi connectivity index (χ0n) is 12.2. The van der Waals surface area contributed by atoms with Gasteiger partial charge in [-0.05, 0) is 44.4 Å². The summed E-state index contributed by atoms with van der Waals surface area (Å²) < 4.78 is 1.04. The Balaban J connectivity index is 1.77. The molecular formula is C16H23BrN2O. The molecule has 1 saturated heterocycles. The van der Waals surface area contributed by atoms with Crippen molar-refractivity contribution >= 4 is 21.8 Å². The lowest BCUT2D eigenvalue weighted by Crippen LogP contribution is -2.46. The minimum atomic E-state index is 0.135. The molecule has 4 heteroatoms. The molecule has 1 heterocycles. The second-order valence-corrected chi connectivity index (χ2v) is 6.69. The second-order valence-electron chi connectivity index (χ2n) is 5.77. The fourth-order valence-electron chi connectivity index (χ4n) is 2.63. The summed E-state index contributed by atoms with van der Waals surface area (Å²) in [4.78, 5) is 14.5. The molecule has 0 saturated carbocycles. The van der Waals surface area contributed by atoms with Crippen LogP contribution >= 0.6 is 15.9 Å². The van der Waals surface area contributed by atoms with E-state index in [-0.39, 0.29) is 5.91 Å². The lowest BCUT2D eigenvalue weighted by atomic mass is 10.0. The third-order valence-electron chi connectivity index (χ3n) is 3.90. The summed E-state index contributed by atoms with van der Waals surface area (Å²) in [6.45, 7) is 6.63. The molecule has 0 bridgehead atoms. The van der Waals surface area contributed by atoms with Crippen molar-refractivity contribution in [3.05, 3.63) is 34.3 Å². The predicted octanol–water partition coefficient (Wildman–Crippen LogP) is 2.98. The summed E-state index contributed by atoms with van der Waals surface area (Å²) in [5, 5.41) is 3.16. The molecule has 1 aromatic rings. The van der Waals surface area contributed by atoms with Gasteiger partial charge in [-0.2, -0.15) is 0 Å². The van der Waals surface area contributed by atoms with Gasteiger partial charge < -0.3 is 10.2 Å². The van der Waals surface area contributed by atoms with Crippen molar-refractivity contribution in [2.75, 3.05) is 13.1 Å². The number of rotatable bonds is 4. The second kappa shape index (κ2) is 7.23. The quantitative estimate of drug-likeness (QED) is 0.915. The Morgan fingerprint density at radius 3 is 2.45 bits per heavy atom. The molecule has 0 atom stereocenters. The number of halogens is 1. The average Bonchev–Trinajstić information content (AvgIpc) is 2.42. The first kappa shape index (κ1) is 15.5. The molecule has 0 aromatic heterocycles. The van der Waals surface area contributed by atoms with Crippen molar-refractivity contribution in [2.24, 2.45) is 0 Å². The summed E-state index contributed by atoms with van der Waals surface area (Å²) in [6, 6.07) is 8.88. The van der Waals surface area contributed by atoms with Crippen LogP contribution in [0.2, 0.25) is 0 Å². The van der Waals surface area contributed by atoms with Gasteiger partial charge in [-0.1, -0.05) is 28.1 Å². The van der Waals surface area contributed by atoms with Crippen molar-refractivity contribution in [1.82, 2.24) is 10.2 Å². The van der Waals surface area contributed by atoms with E-state index in [9.17, 15) is 4.79 Å². The number of benzene rings is 1. The summed E-state index contributed by atoms with van der Waals surface area (Å²) in [5.74, 6) is 0.135. The van der Waals surface area contributed by atoms with E-state index in [1.165, 1.54) is 0 Å². The topological polar surface area (TPSA) is 32.3 Å². The van der Waals surface area contributed by atoms with Crippen LogP contribution in [-0.4, -0.2) is 36.0 Å². The van der Waals surface area contributed by atoms with Crippen LogP contribution in [0.1, 0.15) is 32.3 Å². The van der Waals surface area contributed by atoms with Crippen LogP contribution in [0.5, 0.6) is 0 Å². The third kappa shape index (κ3) is 4.60. The number of nitrogens with zero attached hydrogens (tertiary/aromatic N) is 1. The smallest absolute Gasteiger partial charge is 0.224 e. The van der Waals surface area contributed by atoms with Crippen LogP contribution in [0.3, 0.4) is 0 Å². The fourth-order valence-corrected chi connectivity index (χ4v) is 2.89. The van der Waals surface area contributed by atoms with Crippen molar-refractivity contribution in [3.63, 3.8) is 0 Å². The number of piperidine rings is 1. The van der Waals surface area contributed by atoms with E-state index in [0.29, 0.717) is 18.5 Å². The molecule has 0 radical (unpaired) electrons. The van der Waals surface area contributed by atoms with Crippen molar-refractivity contribution in [1.29, 1.82) is 0 Å². The largest absolute Gasteiger partial charge is 0.353 e. The molecule has 1 amide bonds. The Hall–Kier alpha value is -0.870. The van der Waals surface area contributed by atoms with E-state index in [0.717, 1.165) is 36.0 Å². The Morgan fingerprint density at radius 2 is 1.90 bits per heavy atom. The SMILES string of the molecule is CC(C)N1CCC(NC(=O)Cc2ccc(Br)cc2)CC1. The average molecular weight is 339 g/mol. The summed E-state index contributed by atoms with van der Waals surface area (Å²) in [7, 11) is 0. The molecule has 0 aliphatic carbocycles. The number of amides is 1. The van der Waals surface area contributed by atoms with Crippen LogP contribution in [0.4, 0.5) is 0 Å². The molecule has 1 fully saturated rings. The summed E-state index contributed by atoms with van der Waals surface area (Å²) in [6.07, 6.45) is 2.59. The van der Waals surface area contributed by atoms with E-state index < -0.39 is 0 Å². The van der Waals surface area contributed by atoms with Crippen molar-refractivity contribution in [3.8, 4) is 0 Å². The molecule has 20 heavy (non-hydrogen) atoms. The van der Waals surface area contributed by atoms with Crippen LogP contribution in [0.15, 0.2) is 28.7 Å². The van der Waals surface area contributed by atoms with Crippen LogP contribution in [0, 0.1) is 0 Å². The highest BCUT2D eigenvalue weighted by Gasteiger charge is 2.21. The molecule has 1 aliphatic rings. The van der Waals surface area contributed by atoms with Gasteiger partial charge in [0, 0.05) is 29.6 Å². The van der Waals surface area contributed by atoms with Crippen LogP contribution < -0.4 is 5.32 Å². The summed E-state index contributed by atoms with van der Waals surface area (Å²) in [5.41, 5.74) is 1.06. The molecule has 2 rings (SSSR count). The number of carbonyl (C=O) groups excluding carboxylic acids is 1. The third-order valence-corrected chi connectivity index (χ3v) is 4.43. The van der Waals surface area contributed by atoms with Gasteiger partial charge in [-0.25, -0.2) is 0 Å². The lowest BCUT2D eigenvalue weighted by molar-refractivity contribution is -0.121. The standard InChI is InChI=1S/C16H23BrN2O/c1-12(2)19-9-7-15(8-10-19)18-16(20)11-13-3-5-14(17)6-4-13/h3-6,12,15H,7-11H2,1-2H3,(H,18,20). The number of hydrogen-bond donors (Lipinski definition) is 1. The minimum Gasteiger partial charge on any atom is -0.353 e. The number of hydrogen-bond acceptors (Lipinski definition) is 2. The zero-order valence-corrected chi connectivity index (χ0v) is 13.8. The first-order valence-corrected chi connectivity index (χ1v) is 8.12. The van der Waals surface area contributed by atoms with Gasteiger partial charge in [0.25, 0.3) is 0 Å². The highest BCUT2D eigenvalue weighted by atomic mass is 79.9. The van der Waals surface area contributed by atoms with Gasteiger partial charge in [-0.3, -0.25) is 4.79 Å². The van der Waals surface area contributed by atoms with Crippen molar-refractivity contribution in [2.45, 2.75) is 45.2 Å². The molecule has 3 nitrogen and oxygen atoms in total. The van der Waals surface area contributed by atoms with E-state index in [1.54, 1.807) is 0 Å². The first-order valence-electron chi connectivity index (χ1n) is 7.32. The van der Waals surface area contributed by atoms with Crippen LogP contribution in [-0.2, 0) is 11.2 Å². The van der Waals surface area contributed by atoms with Gasteiger partial charge in [0.05, 0.1) is 6.42 Å². The maximum atomic E-state index is 12.0. The Labute approximate surface area is 129 Å². The fraction of sp³-hybridized carbons (Fsp3) is 0.562. The number of likely N-dealkylation sites (tertiary alicyclic amines) is 1. The molecular weight excluding hydrogens is 316 g/mol. The molecule has 1 aliphatic heterocycles. The first-order chi connectivity index (χ1) is 9.54. The highest BCUT2D eigenvalue weighted by Crippen LogP contribution is 2.14. The number of carbonyl (C=O) groups is 1. The maximum absolute atomic E-state index is 12.0. The minimum absolute atomic E-state index is 0.135. The van der Waals surface area contributed by atoms with E-state index in [2.05, 4.69) is 40.0 Å². The predicted molar refractivity (Wildman–Crippen MR) is 85.7 cm³/mol. The van der Waals surface area contributed by atoms with Crippen LogP contribution in [0.25, 0.3) is 0 Å². The van der Waals surface area contributed by atoms with Gasteiger partial charge in [-0.15, -0.1) is 0 Å². The molecule has 1 aromatic carbocycles. The van der Waals surface area contributed by atoms with E-state index in [4.69, 9.17) is 0 Å². The number of nitrogens with one attached hydrogen (secondary N) is 1. The van der Waals surface area contributed by atoms with Gasteiger partial charge in [0.15, 0.2) is 0 Å². The van der Waals surface area contributed by atoms with Gasteiger partial charge in [0.2, 0.25) is 5.91 Å². The monoisotopic (exact) mass is 338 g/mol. The molecule has 0 spiro atoms. The Morgan fingerprint density at radius 1 is 1.30 bits per heavy atom. The van der Waals surface area contributed by atoms with Crippen molar-refractivity contribution < 1.29 is 4.79 Å². The van der Waals surface area contributed by atoms with Gasteiger partial charge in [0.1, 0.15) is 0 Å². The van der Waals surface area contributed by atoms with E-state index >= 15 is 0 Å². The highest BCUT2D eigenvalue weighted by molar-refractivity contribution is 9.10. The Bertz CT molecular complexity index is 436.